The van der Waals surface area contributed by atoms with Gasteiger partial charge in [-0.3, -0.25) is 4.79 Å². The van der Waals surface area contributed by atoms with Gasteiger partial charge in [-0.2, -0.15) is 5.10 Å². The highest BCUT2D eigenvalue weighted by molar-refractivity contribution is 6.33. The fourth-order valence-corrected chi connectivity index (χ4v) is 4.51. The van der Waals surface area contributed by atoms with E-state index in [0.717, 1.165) is 35.5 Å². The second-order valence-electron chi connectivity index (χ2n) is 8.39. The van der Waals surface area contributed by atoms with Crippen molar-refractivity contribution in [1.82, 2.24) is 29.8 Å². The van der Waals surface area contributed by atoms with Gasteiger partial charge < -0.3 is 25.2 Å². The molecule has 1 aliphatic heterocycles. The van der Waals surface area contributed by atoms with Gasteiger partial charge >= 0.3 is 0 Å². The fraction of sp³-hybridized carbons (Fsp3) is 0.280. The number of aromatic nitrogens is 4. The van der Waals surface area contributed by atoms with E-state index in [1.54, 1.807) is 31.1 Å². The molecule has 1 saturated heterocycles. The molecule has 0 atom stereocenters. The number of carbonyl (C=O) groups is 1. The van der Waals surface area contributed by atoms with Crippen molar-refractivity contribution in [2.45, 2.75) is 0 Å². The van der Waals surface area contributed by atoms with E-state index in [4.69, 9.17) is 21.3 Å². The van der Waals surface area contributed by atoms with Crippen molar-refractivity contribution in [2.75, 3.05) is 57.1 Å². The molecule has 0 bridgehead atoms. The van der Waals surface area contributed by atoms with E-state index >= 15 is 0 Å². The number of fused-ring (bicyclic) bond motifs is 1. The van der Waals surface area contributed by atoms with Crippen molar-refractivity contribution >= 4 is 40.3 Å². The Morgan fingerprint density at radius 3 is 2.75 bits per heavy atom. The number of amides is 1. The Labute approximate surface area is 213 Å². The van der Waals surface area contributed by atoms with Crippen molar-refractivity contribution in [3.8, 4) is 17.0 Å². The molecular formula is C25H27ClN8O2. The molecule has 0 aliphatic carbocycles. The summed E-state index contributed by atoms with van der Waals surface area (Å²) in [7, 11) is 3.41. The van der Waals surface area contributed by atoms with Gasteiger partial charge in [0.15, 0.2) is 0 Å². The van der Waals surface area contributed by atoms with Crippen LogP contribution < -0.4 is 20.3 Å². The average molecular weight is 507 g/mol. The second kappa shape index (κ2) is 10.4. The number of anilines is 3. The van der Waals surface area contributed by atoms with Crippen molar-refractivity contribution in [3.05, 3.63) is 60.0 Å². The maximum atomic E-state index is 12.2. The maximum Gasteiger partial charge on any atom is 0.236 e. The molecule has 1 amide bonds. The summed E-state index contributed by atoms with van der Waals surface area (Å²) in [5.41, 5.74) is 4.06. The first kappa shape index (κ1) is 23.8. The lowest BCUT2D eigenvalue weighted by Crippen LogP contribution is -2.50. The zero-order valence-electron chi connectivity index (χ0n) is 20.1. The van der Waals surface area contributed by atoms with Crippen molar-refractivity contribution in [1.29, 1.82) is 0 Å². The van der Waals surface area contributed by atoms with E-state index in [2.05, 4.69) is 25.6 Å². The number of piperazine rings is 1. The number of benzene rings is 1. The van der Waals surface area contributed by atoms with Crippen molar-refractivity contribution < 1.29 is 9.53 Å². The smallest absolute Gasteiger partial charge is 0.236 e. The molecular weight excluding hydrogens is 480 g/mol. The largest absolute Gasteiger partial charge is 0.495 e. The molecule has 186 valence electrons. The van der Waals surface area contributed by atoms with Crippen molar-refractivity contribution in [3.63, 3.8) is 0 Å². The number of hydrogen-bond donors (Lipinski definition) is 2. The molecule has 3 aromatic heterocycles. The number of likely N-dealkylation sites (N-methyl/N-ethyl adjacent to an activating group) is 1. The molecule has 0 saturated carbocycles. The molecule has 1 aliphatic rings. The van der Waals surface area contributed by atoms with Crippen LogP contribution in [0.2, 0.25) is 5.02 Å². The summed E-state index contributed by atoms with van der Waals surface area (Å²) < 4.78 is 7.36. The standard InChI is InChI=1S/C25H27ClN8O2/c1-27-16-23(35)33-11-9-32(10-12-33)17-6-7-22(36-2)20(13-17)30-25-28-15-19(26)24(31-25)18-14-29-34-8-4-3-5-21(18)34/h3-8,13-15,27H,9-12,16H2,1-2H3,(H,28,30,31). The zero-order valence-corrected chi connectivity index (χ0v) is 20.9. The molecule has 5 rings (SSSR count). The summed E-state index contributed by atoms with van der Waals surface area (Å²) in [6.45, 7) is 3.21. The van der Waals surface area contributed by atoms with Crippen LogP contribution in [0.15, 0.2) is 55.0 Å². The third-order valence-electron chi connectivity index (χ3n) is 6.18. The van der Waals surface area contributed by atoms with E-state index in [-0.39, 0.29) is 5.91 Å². The van der Waals surface area contributed by atoms with Crippen LogP contribution in [-0.4, -0.2) is 77.3 Å². The molecule has 1 aromatic carbocycles. The van der Waals surface area contributed by atoms with Gasteiger partial charge in [-0.05, 0) is 37.4 Å². The minimum atomic E-state index is 0.121. The van der Waals surface area contributed by atoms with E-state index < -0.39 is 0 Å². The Morgan fingerprint density at radius 2 is 1.97 bits per heavy atom. The van der Waals surface area contributed by atoms with Gasteiger partial charge in [-0.15, -0.1) is 0 Å². The topological polar surface area (TPSA) is 99.9 Å². The zero-order chi connectivity index (χ0) is 25.1. The molecule has 1 fully saturated rings. The van der Waals surface area contributed by atoms with Gasteiger partial charge in [0.1, 0.15) is 5.75 Å². The van der Waals surface area contributed by atoms with Crippen LogP contribution in [-0.2, 0) is 4.79 Å². The van der Waals surface area contributed by atoms with Crippen LogP contribution in [0.3, 0.4) is 0 Å². The molecule has 0 unspecified atom stereocenters. The highest BCUT2D eigenvalue weighted by Gasteiger charge is 2.22. The molecule has 0 spiro atoms. The van der Waals surface area contributed by atoms with Crippen LogP contribution in [0.1, 0.15) is 0 Å². The third-order valence-corrected chi connectivity index (χ3v) is 6.46. The van der Waals surface area contributed by atoms with Gasteiger partial charge in [0.05, 0.1) is 48.0 Å². The summed E-state index contributed by atoms with van der Waals surface area (Å²) in [4.78, 5) is 25.4. The lowest BCUT2D eigenvalue weighted by atomic mass is 10.2. The summed E-state index contributed by atoms with van der Waals surface area (Å²) >= 11 is 6.48. The van der Waals surface area contributed by atoms with Crippen LogP contribution in [0.5, 0.6) is 5.75 Å². The number of rotatable bonds is 7. The number of halogens is 1. The average Bonchev–Trinajstić information content (AvgIpc) is 3.34. The normalized spacial score (nSPS) is 13.8. The Kier molecular flexibility index (Phi) is 6.88. The lowest BCUT2D eigenvalue weighted by molar-refractivity contribution is -0.130. The first-order chi connectivity index (χ1) is 17.6. The number of methoxy groups -OCH3 is 1. The van der Waals surface area contributed by atoms with Gasteiger partial charge in [0.25, 0.3) is 0 Å². The molecule has 4 heterocycles. The summed E-state index contributed by atoms with van der Waals surface area (Å²) in [6.07, 6.45) is 5.20. The minimum absolute atomic E-state index is 0.121. The predicted octanol–water partition coefficient (Wildman–Crippen LogP) is 3.06. The summed E-state index contributed by atoms with van der Waals surface area (Å²) in [6, 6.07) is 11.8. The molecule has 2 N–H and O–H groups in total. The maximum absolute atomic E-state index is 12.2. The van der Waals surface area contributed by atoms with Crippen LogP contribution in [0.4, 0.5) is 17.3 Å². The number of nitrogens with zero attached hydrogens (tertiary/aromatic N) is 6. The minimum Gasteiger partial charge on any atom is -0.495 e. The number of ether oxygens (including phenoxy) is 1. The summed E-state index contributed by atoms with van der Waals surface area (Å²) in [5, 5.41) is 11.0. The highest BCUT2D eigenvalue weighted by atomic mass is 35.5. The molecule has 4 aromatic rings. The van der Waals surface area contributed by atoms with E-state index in [9.17, 15) is 4.79 Å². The van der Waals surface area contributed by atoms with Crippen molar-refractivity contribution in [2.24, 2.45) is 0 Å². The highest BCUT2D eigenvalue weighted by Crippen LogP contribution is 2.34. The molecule has 0 radical (unpaired) electrons. The van der Waals surface area contributed by atoms with Crippen LogP contribution in [0.25, 0.3) is 16.8 Å². The van der Waals surface area contributed by atoms with E-state index in [1.165, 1.54) is 0 Å². The second-order valence-corrected chi connectivity index (χ2v) is 8.79. The van der Waals surface area contributed by atoms with Crippen LogP contribution in [0, 0.1) is 0 Å². The Bertz CT molecular complexity index is 1380. The molecule has 10 nitrogen and oxygen atoms in total. The number of hydrogen-bond acceptors (Lipinski definition) is 8. The third kappa shape index (κ3) is 4.77. The van der Waals surface area contributed by atoms with Crippen LogP contribution >= 0.6 is 11.6 Å². The number of nitrogens with one attached hydrogen (secondary N) is 2. The Morgan fingerprint density at radius 1 is 1.14 bits per heavy atom. The fourth-order valence-electron chi connectivity index (χ4n) is 4.32. The quantitative estimate of drug-likeness (QED) is 0.394. The number of carbonyl (C=O) groups excluding carboxylic acids is 1. The molecule has 11 heteroatoms. The van der Waals surface area contributed by atoms with Gasteiger partial charge in [-0.1, -0.05) is 17.7 Å². The molecule has 36 heavy (non-hydrogen) atoms. The van der Waals surface area contributed by atoms with Gasteiger partial charge in [0.2, 0.25) is 11.9 Å². The first-order valence-electron chi connectivity index (χ1n) is 11.6. The van der Waals surface area contributed by atoms with Gasteiger partial charge in [-0.25, -0.2) is 14.5 Å². The SMILES string of the molecule is CNCC(=O)N1CCN(c2ccc(OC)c(Nc3ncc(Cl)c(-c4cnn5ccccc45)n3)c2)CC1. The first-order valence-corrected chi connectivity index (χ1v) is 12.0. The summed E-state index contributed by atoms with van der Waals surface area (Å²) in [5.74, 6) is 1.18. The lowest BCUT2D eigenvalue weighted by Gasteiger charge is -2.36. The van der Waals surface area contributed by atoms with E-state index in [0.29, 0.717) is 42.0 Å². The predicted molar refractivity (Wildman–Crippen MR) is 140 cm³/mol. The number of pyridine rings is 1. The van der Waals surface area contributed by atoms with E-state index in [1.807, 2.05) is 47.5 Å². The monoisotopic (exact) mass is 506 g/mol. The Hall–Kier alpha value is -3.89. The Balaban J connectivity index is 1.39. The van der Waals surface area contributed by atoms with Gasteiger partial charge in [0, 0.05) is 43.6 Å².